The van der Waals surface area contributed by atoms with Crippen molar-refractivity contribution < 1.29 is 22.7 Å². The van der Waals surface area contributed by atoms with Crippen LogP contribution in [0.4, 0.5) is 0 Å². The highest BCUT2D eigenvalue weighted by atomic mass is 35.5. The Hall–Kier alpha value is -0.980. The summed E-state index contributed by atoms with van der Waals surface area (Å²) in [6, 6.07) is 0. The summed E-state index contributed by atoms with van der Waals surface area (Å²) < 4.78 is 34.0. The summed E-state index contributed by atoms with van der Waals surface area (Å²) in [5, 5.41) is 2.42. The molecule has 2 saturated heterocycles. The number of piperazine rings is 1. The molecule has 0 spiro atoms. The van der Waals surface area contributed by atoms with E-state index < -0.39 is 16.1 Å². The van der Waals surface area contributed by atoms with Crippen molar-refractivity contribution in [3.8, 4) is 0 Å². The van der Waals surface area contributed by atoms with Crippen molar-refractivity contribution in [3.05, 3.63) is 0 Å². The van der Waals surface area contributed by atoms with Crippen LogP contribution in [0.1, 0.15) is 13.8 Å². The molecule has 0 aromatic heterocycles. The van der Waals surface area contributed by atoms with Gasteiger partial charge in [-0.1, -0.05) is 0 Å². The predicted molar refractivity (Wildman–Crippen MR) is 98.0 cm³/mol. The number of rotatable bonds is 5. The third kappa shape index (κ3) is 5.76. The fourth-order valence-electron chi connectivity index (χ4n) is 3.01. The summed E-state index contributed by atoms with van der Waals surface area (Å²) in [7, 11) is -3.57. The number of hydrogen-bond acceptors (Lipinski definition) is 6. The van der Waals surface area contributed by atoms with Gasteiger partial charge in [-0.15, -0.1) is 12.4 Å². The van der Waals surface area contributed by atoms with Crippen LogP contribution < -0.4 is 11.1 Å². The van der Waals surface area contributed by atoms with Gasteiger partial charge in [0.1, 0.15) is 0 Å². The van der Waals surface area contributed by atoms with Gasteiger partial charge in [-0.05, 0) is 13.8 Å². The monoisotopic (exact) mass is 413 g/mol. The minimum absolute atomic E-state index is 0. The number of nitrogens with two attached hydrogens (primary N) is 1. The molecule has 0 bridgehead atoms. The number of carbonyl (C=O) groups is 2. The van der Waals surface area contributed by atoms with E-state index >= 15 is 0 Å². The van der Waals surface area contributed by atoms with Crippen LogP contribution in [-0.4, -0.2) is 98.3 Å². The predicted octanol–water partition coefficient (Wildman–Crippen LogP) is -2.02. The number of nitrogens with one attached hydrogen (secondary N) is 1. The molecule has 2 aliphatic heterocycles. The molecule has 2 aliphatic rings. The van der Waals surface area contributed by atoms with Gasteiger partial charge in [0.2, 0.25) is 11.8 Å². The van der Waals surface area contributed by atoms with Crippen molar-refractivity contribution in [1.82, 2.24) is 18.8 Å². The lowest BCUT2D eigenvalue weighted by atomic mass is 10.3. The first-order chi connectivity index (χ1) is 11.7. The fraction of sp³-hybridized carbons (Fsp3) is 0.857. The molecule has 0 aromatic carbocycles. The average molecular weight is 414 g/mol. The quantitative estimate of drug-likeness (QED) is 0.536. The molecule has 2 heterocycles. The van der Waals surface area contributed by atoms with Crippen LogP contribution in [0.5, 0.6) is 0 Å². The average Bonchev–Trinajstić information content (AvgIpc) is 2.58. The number of hydrogen-bond donors (Lipinski definition) is 2. The maximum absolute atomic E-state index is 12.8. The summed E-state index contributed by atoms with van der Waals surface area (Å²) in [4.78, 5) is 24.7. The zero-order valence-corrected chi connectivity index (χ0v) is 16.7. The third-order valence-electron chi connectivity index (χ3n) is 4.25. The van der Waals surface area contributed by atoms with E-state index in [-0.39, 0.29) is 56.7 Å². The minimum Gasteiger partial charge on any atom is -0.373 e. The Bertz CT molecular complexity index is 587. The Morgan fingerprint density at radius 2 is 1.62 bits per heavy atom. The van der Waals surface area contributed by atoms with E-state index in [0.29, 0.717) is 26.2 Å². The molecule has 0 radical (unpaired) electrons. The molecule has 2 atom stereocenters. The molecule has 10 nitrogen and oxygen atoms in total. The van der Waals surface area contributed by atoms with E-state index in [9.17, 15) is 18.0 Å². The summed E-state index contributed by atoms with van der Waals surface area (Å²) >= 11 is 0. The van der Waals surface area contributed by atoms with E-state index in [1.54, 1.807) is 4.90 Å². The van der Waals surface area contributed by atoms with Gasteiger partial charge in [-0.25, -0.2) is 0 Å². The van der Waals surface area contributed by atoms with Crippen LogP contribution in [0, 0.1) is 0 Å². The minimum atomic E-state index is -3.57. The molecular weight excluding hydrogens is 386 g/mol. The highest BCUT2D eigenvalue weighted by Gasteiger charge is 2.37. The van der Waals surface area contributed by atoms with Crippen LogP contribution in [0.3, 0.4) is 0 Å². The van der Waals surface area contributed by atoms with Crippen LogP contribution in [0.15, 0.2) is 0 Å². The molecule has 12 heteroatoms. The largest absolute Gasteiger partial charge is 0.373 e. The molecule has 26 heavy (non-hydrogen) atoms. The first kappa shape index (κ1) is 23.1. The van der Waals surface area contributed by atoms with Crippen molar-refractivity contribution in [2.24, 2.45) is 5.73 Å². The van der Waals surface area contributed by atoms with Crippen molar-refractivity contribution in [2.45, 2.75) is 26.1 Å². The molecule has 2 rings (SSSR count). The van der Waals surface area contributed by atoms with Crippen molar-refractivity contribution in [2.75, 3.05) is 52.4 Å². The SMILES string of the molecule is CC1CN(S(=O)(=O)N2CCN(C(=O)CNC(=O)CN)CC2)CC(C)O1.Cl. The molecule has 2 amide bonds. The maximum atomic E-state index is 12.8. The molecule has 0 aromatic rings. The number of amides is 2. The van der Waals surface area contributed by atoms with E-state index in [4.69, 9.17) is 10.5 Å². The van der Waals surface area contributed by atoms with Gasteiger partial charge in [-0.2, -0.15) is 17.0 Å². The Labute approximate surface area is 160 Å². The first-order valence-corrected chi connectivity index (χ1v) is 9.79. The van der Waals surface area contributed by atoms with Gasteiger partial charge >= 0.3 is 0 Å². The van der Waals surface area contributed by atoms with Gasteiger partial charge in [0.05, 0.1) is 25.3 Å². The van der Waals surface area contributed by atoms with Crippen molar-refractivity contribution in [3.63, 3.8) is 0 Å². The second kappa shape index (κ2) is 9.81. The zero-order chi connectivity index (χ0) is 18.6. The maximum Gasteiger partial charge on any atom is 0.282 e. The Balaban J connectivity index is 0.00000338. The molecule has 0 saturated carbocycles. The van der Waals surface area contributed by atoms with Gasteiger partial charge < -0.3 is 20.7 Å². The van der Waals surface area contributed by atoms with E-state index in [2.05, 4.69) is 5.32 Å². The highest BCUT2D eigenvalue weighted by Crippen LogP contribution is 2.18. The number of morpholine rings is 1. The Morgan fingerprint density at radius 3 is 2.12 bits per heavy atom. The zero-order valence-electron chi connectivity index (χ0n) is 15.1. The number of ether oxygens (including phenoxy) is 1. The standard InChI is InChI=1S/C14H27N5O5S.ClH/c1-11-9-19(10-12(2)24-11)25(22,23)18-5-3-17(4-6-18)14(21)8-16-13(20)7-15;/h11-12H,3-10,15H2,1-2H3,(H,16,20);1H. The topological polar surface area (TPSA) is 125 Å². The molecular formula is C14H28ClN5O5S. The van der Waals surface area contributed by atoms with Gasteiger partial charge in [0.25, 0.3) is 10.2 Å². The van der Waals surface area contributed by atoms with E-state index in [1.165, 1.54) is 8.61 Å². The van der Waals surface area contributed by atoms with E-state index in [1.807, 2.05) is 13.8 Å². The lowest BCUT2D eigenvalue weighted by Gasteiger charge is -2.40. The summed E-state index contributed by atoms with van der Waals surface area (Å²) in [5.41, 5.74) is 5.17. The van der Waals surface area contributed by atoms with Gasteiger partial charge in [-0.3, -0.25) is 9.59 Å². The number of carbonyl (C=O) groups excluding carboxylic acids is 2. The fourth-order valence-corrected chi connectivity index (χ4v) is 4.76. The van der Waals surface area contributed by atoms with Crippen LogP contribution >= 0.6 is 12.4 Å². The second-order valence-electron chi connectivity index (χ2n) is 6.34. The van der Waals surface area contributed by atoms with Crippen molar-refractivity contribution in [1.29, 1.82) is 0 Å². The summed E-state index contributed by atoms with van der Waals surface area (Å²) in [5.74, 6) is -0.641. The second-order valence-corrected chi connectivity index (χ2v) is 8.27. The van der Waals surface area contributed by atoms with Crippen molar-refractivity contribution >= 4 is 34.4 Å². The smallest absolute Gasteiger partial charge is 0.282 e. The third-order valence-corrected chi connectivity index (χ3v) is 6.22. The van der Waals surface area contributed by atoms with Gasteiger partial charge in [0.15, 0.2) is 0 Å². The first-order valence-electron chi connectivity index (χ1n) is 8.39. The van der Waals surface area contributed by atoms with Crippen LogP contribution in [-0.2, 0) is 24.5 Å². The molecule has 0 aliphatic carbocycles. The molecule has 152 valence electrons. The van der Waals surface area contributed by atoms with E-state index in [0.717, 1.165) is 0 Å². The lowest BCUT2D eigenvalue weighted by Crippen LogP contribution is -2.58. The molecule has 2 unspecified atom stereocenters. The Morgan fingerprint density at radius 1 is 1.08 bits per heavy atom. The summed E-state index contributed by atoms with van der Waals surface area (Å²) in [6.07, 6.45) is -0.292. The number of nitrogens with zero attached hydrogens (tertiary/aromatic N) is 3. The molecule has 3 N–H and O–H groups in total. The lowest BCUT2D eigenvalue weighted by molar-refractivity contribution is -0.133. The Kier molecular flexibility index (Phi) is 8.70. The highest BCUT2D eigenvalue weighted by molar-refractivity contribution is 7.86. The van der Waals surface area contributed by atoms with Crippen LogP contribution in [0.25, 0.3) is 0 Å². The normalized spacial score (nSPS) is 25.4. The summed E-state index contributed by atoms with van der Waals surface area (Å²) in [6.45, 7) is 5.13. The molecule has 2 fully saturated rings. The van der Waals surface area contributed by atoms with Gasteiger partial charge in [0, 0.05) is 39.3 Å². The number of halogens is 1. The van der Waals surface area contributed by atoms with Crippen LogP contribution in [0.2, 0.25) is 0 Å².